The Morgan fingerprint density at radius 1 is 1.12 bits per heavy atom. The number of hydrogen-bond donors (Lipinski definition) is 1. The van der Waals surface area contributed by atoms with Crippen LogP contribution in [0.1, 0.15) is 72.4 Å². The molecule has 0 aliphatic carbocycles. The van der Waals surface area contributed by atoms with Crippen molar-refractivity contribution in [2.45, 2.75) is 97.5 Å². The number of carbonyl (C=O) groups excluding carboxylic acids is 2. The van der Waals surface area contributed by atoms with Crippen molar-refractivity contribution in [3.8, 4) is 0 Å². The minimum Gasteiger partial charge on any atom is -0.467 e. The zero-order valence-corrected chi connectivity index (χ0v) is 21.0. The Balaban J connectivity index is 2.03. The summed E-state index contributed by atoms with van der Waals surface area (Å²) < 4.78 is 22.5. The van der Waals surface area contributed by atoms with E-state index in [0.717, 1.165) is 23.0 Å². The minimum atomic E-state index is -0.761. The zero-order valence-electron chi connectivity index (χ0n) is 21.0. The lowest BCUT2D eigenvalue weighted by Gasteiger charge is -2.32. The highest BCUT2D eigenvalue weighted by Gasteiger charge is 2.52. The van der Waals surface area contributed by atoms with Crippen LogP contribution in [-0.2, 0) is 30.0 Å². The zero-order chi connectivity index (χ0) is 24.3. The van der Waals surface area contributed by atoms with E-state index < -0.39 is 42.0 Å². The molecule has 8 heteroatoms. The van der Waals surface area contributed by atoms with Crippen LogP contribution in [-0.4, -0.2) is 49.1 Å². The monoisotopic (exact) mass is 447 g/mol. The number of amides is 1. The van der Waals surface area contributed by atoms with Crippen molar-refractivity contribution in [3.63, 3.8) is 0 Å². The average Bonchev–Trinajstić information content (AvgIpc) is 2.87. The molecule has 1 saturated heterocycles. The molecule has 2 rings (SSSR count). The van der Waals surface area contributed by atoms with Gasteiger partial charge in [0.05, 0.1) is 18.3 Å². The summed E-state index contributed by atoms with van der Waals surface area (Å²) in [5.74, 6) is -0.488. The first-order chi connectivity index (χ1) is 14.6. The minimum absolute atomic E-state index is 0.402. The summed E-state index contributed by atoms with van der Waals surface area (Å²) in [7, 11) is 0.889. The molecule has 32 heavy (non-hydrogen) atoms. The number of alkyl carbamates (subject to hydrolysis) is 1. The summed E-state index contributed by atoms with van der Waals surface area (Å²) in [5.41, 5.74) is 1.78. The van der Waals surface area contributed by atoms with Crippen LogP contribution >= 0.6 is 0 Å². The maximum Gasteiger partial charge on any atom is 0.495 e. The maximum absolute atomic E-state index is 12.1. The lowest BCUT2D eigenvalue weighted by molar-refractivity contribution is -0.143. The van der Waals surface area contributed by atoms with E-state index in [4.69, 9.17) is 18.8 Å². The van der Waals surface area contributed by atoms with E-state index in [0.29, 0.717) is 12.8 Å². The molecule has 1 N–H and O–H groups in total. The highest BCUT2D eigenvalue weighted by molar-refractivity contribution is 6.62. The smallest absolute Gasteiger partial charge is 0.467 e. The third-order valence-electron chi connectivity index (χ3n) is 5.99. The van der Waals surface area contributed by atoms with Gasteiger partial charge in [0.1, 0.15) is 11.6 Å². The Hall–Kier alpha value is -2.06. The molecule has 1 atom stereocenters. The second-order valence-electron chi connectivity index (χ2n) is 10.4. The largest absolute Gasteiger partial charge is 0.495 e. The van der Waals surface area contributed by atoms with E-state index in [1.54, 1.807) is 20.8 Å². The number of aryl methyl sites for hydroxylation is 2. The molecule has 178 valence electrons. The SMILES string of the molecule is COC(=O)[C@H](CCCc1ccc(C)c(B2OC(C)(C)C(C)(C)O2)c1)NC(=O)OC(C)(C)C. The first-order valence-corrected chi connectivity index (χ1v) is 11.2. The van der Waals surface area contributed by atoms with Crippen LogP contribution in [0, 0.1) is 6.92 Å². The number of esters is 1. The molecule has 1 aliphatic rings. The topological polar surface area (TPSA) is 83.1 Å². The summed E-state index contributed by atoms with van der Waals surface area (Å²) >= 11 is 0. The van der Waals surface area contributed by atoms with Crippen LogP contribution in [0.3, 0.4) is 0 Å². The lowest BCUT2D eigenvalue weighted by atomic mass is 9.75. The van der Waals surface area contributed by atoms with Gasteiger partial charge in [-0.15, -0.1) is 0 Å². The molecule has 7 nitrogen and oxygen atoms in total. The van der Waals surface area contributed by atoms with Crippen LogP contribution in [0.4, 0.5) is 4.79 Å². The second-order valence-corrected chi connectivity index (χ2v) is 10.4. The van der Waals surface area contributed by atoms with Gasteiger partial charge in [-0.1, -0.05) is 23.8 Å². The molecule has 0 unspecified atom stereocenters. The van der Waals surface area contributed by atoms with E-state index in [1.807, 2.05) is 34.6 Å². The fraction of sp³-hybridized carbons (Fsp3) is 0.667. The summed E-state index contributed by atoms with van der Waals surface area (Å²) in [6.45, 7) is 15.5. The number of benzene rings is 1. The first-order valence-electron chi connectivity index (χ1n) is 11.2. The Bertz CT molecular complexity index is 814. The van der Waals surface area contributed by atoms with Crippen molar-refractivity contribution >= 4 is 24.6 Å². The molecule has 1 aromatic rings. The molecule has 0 aromatic heterocycles. The van der Waals surface area contributed by atoms with Gasteiger partial charge in [0.2, 0.25) is 0 Å². The van der Waals surface area contributed by atoms with Gasteiger partial charge in [0.15, 0.2) is 0 Å². The number of carbonyl (C=O) groups is 2. The van der Waals surface area contributed by atoms with Crippen molar-refractivity contribution in [3.05, 3.63) is 29.3 Å². The van der Waals surface area contributed by atoms with E-state index >= 15 is 0 Å². The van der Waals surface area contributed by atoms with E-state index in [9.17, 15) is 9.59 Å². The fourth-order valence-corrected chi connectivity index (χ4v) is 3.42. The summed E-state index contributed by atoms with van der Waals surface area (Å²) in [6, 6.07) is 5.47. The van der Waals surface area contributed by atoms with Gasteiger partial charge in [-0.25, -0.2) is 9.59 Å². The summed E-state index contributed by atoms with van der Waals surface area (Å²) in [4.78, 5) is 24.2. The predicted octanol–water partition coefficient (Wildman–Crippen LogP) is 3.68. The standard InChI is InChI=1S/C24H38BNO6/c1-16-13-14-17(15-18(16)25-31-23(5,6)24(7,8)32-25)11-10-12-19(20(27)29-9)26-21(28)30-22(2,3)4/h13-15,19H,10-12H2,1-9H3,(H,26,28)/t19-/m0/s1. The molecule has 0 saturated carbocycles. The van der Waals surface area contributed by atoms with Crippen LogP contribution in [0.2, 0.25) is 0 Å². The highest BCUT2D eigenvalue weighted by atomic mass is 16.7. The van der Waals surface area contributed by atoms with Gasteiger partial charge < -0.3 is 24.1 Å². The van der Waals surface area contributed by atoms with Gasteiger partial charge in [0, 0.05) is 0 Å². The molecule has 1 aromatic carbocycles. The van der Waals surface area contributed by atoms with Crippen molar-refractivity contribution in [1.82, 2.24) is 5.32 Å². The molecule has 1 heterocycles. The molecule has 1 amide bonds. The van der Waals surface area contributed by atoms with Gasteiger partial charge >= 0.3 is 19.2 Å². The molecule has 0 spiro atoms. The molecule has 0 bridgehead atoms. The van der Waals surface area contributed by atoms with Gasteiger partial charge in [-0.05, 0) is 85.7 Å². The molecular formula is C24H38BNO6. The first kappa shape index (κ1) is 26.2. The number of ether oxygens (including phenoxy) is 2. The number of methoxy groups -OCH3 is 1. The summed E-state index contributed by atoms with van der Waals surface area (Å²) in [6.07, 6.45) is 1.22. The van der Waals surface area contributed by atoms with Crippen LogP contribution in [0.25, 0.3) is 0 Å². The third kappa shape index (κ3) is 6.72. The Labute approximate surface area is 192 Å². The normalized spacial score (nSPS) is 18.2. The molecule has 1 aliphatic heterocycles. The van der Waals surface area contributed by atoms with Crippen molar-refractivity contribution < 1.29 is 28.4 Å². The average molecular weight is 447 g/mol. The predicted molar refractivity (Wildman–Crippen MR) is 125 cm³/mol. The Kier molecular flexibility index (Phi) is 8.05. The van der Waals surface area contributed by atoms with Crippen LogP contribution in [0.15, 0.2) is 18.2 Å². The van der Waals surface area contributed by atoms with E-state index in [1.165, 1.54) is 7.11 Å². The Morgan fingerprint density at radius 2 is 1.72 bits per heavy atom. The van der Waals surface area contributed by atoms with E-state index in [2.05, 4.69) is 23.5 Å². The van der Waals surface area contributed by atoms with Gasteiger partial charge in [0.25, 0.3) is 0 Å². The highest BCUT2D eigenvalue weighted by Crippen LogP contribution is 2.36. The number of rotatable bonds is 7. The van der Waals surface area contributed by atoms with Gasteiger partial charge in [-0.3, -0.25) is 0 Å². The second kappa shape index (κ2) is 9.83. The quantitative estimate of drug-likeness (QED) is 0.507. The van der Waals surface area contributed by atoms with Crippen molar-refractivity contribution in [1.29, 1.82) is 0 Å². The van der Waals surface area contributed by atoms with Crippen LogP contribution in [0.5, 0.6) is 0 Å². The van der Waals surface area contributed by atoms with Crippen molar-refractivity contribution in [2.75, 3.05) is 7.11 Å². The molecule has 0 radical (unpaired) electrons. The van der Waals surface area contributed by atoms with Crippen LogP contribution < -0.4 is 10.8 Å². The molecular weight excluding hydrogens is 409 g/mol. The third-order valence-corrected chi connectivity index (χ3v) is 5.99. The maximum atomic E-state index is 12.1. The number of nitrogens with one attached hydrogen (secondary N) is 1. The molecule has 1 fully saturated rings. The lowest BCUT2D eigenvalue weighted by Crippen LogP contribution is -2.44. The number of hydrogen-bond acceptors (Lipinski definition) is 6. The van der Waals surface area contributed by atoms with Gasteiger partial charge in [-0.2, -0.15) is 0 Å². The van der Waals surface area contributed by atoms with Crippen molar-refractivity contribution in [2.24, 2.45) is 0 Å². The Morgan fingerprint density at radius 3 is 2.25 bits per heavy atom. The fourth-order valence-electron chi connectivity index (χ4n) is 3.42. The van der Waals surface area contributed by atoms with E-state index in [-0.39, 0.29) is 0 Å². The summed E-state index contributed by atoms with van der Waals surface area (Å²) in [5, 5.41) is 2.62.